The summed E-state index contributed by atoms with van der Waals surface area (Å²) >= 11 is 5.88. The van der Waals surface area contributed by atoms with Crippen molar-refractivity contribution in [2.75, 3.05) is 12.4 Å². The van der Waals surface area contributed by atoms with Gasteiger partial charge in [0.25, 0.3) is 5.91 Å². The molecule has 0 saturated carbocycles. The molecular formula is C15H14ClN3O3. The minimum Gasteiger partial charge on any atom is -0.478 e. The highest BCUT2D eigenvalue weighted by Crippen LogP contribution is 2.26. The number of aromatic nitrogens is 1. The lowest BCUT2D eigenvalue weighted by Crippen LogP contribution is -2.19. The summed E-state index contributed by atoms with van der Waals surface area (Å²) in [7, 11) is 1.52. The number of carbonyl (C=O) groups excluding carboxylic acids is 1. The van der Waals surface area contributed by atoms with Gasteiger partial charge in [0.15, 0.2) is 0 Å². The fourth-order valence-corrected chi connectivity index (χ4v) is 2.09. The van der Waals surface area contributed by atoms with Gasteiger partial charge in [0.1, 0.15) is 5.15 Å². The molecule has 3 N–H and O–H groups in total. The monoisotopic (exact) mass is 319 g/mol. The minimum absolute atomic E-state index is 0.197. The van der Waals surface area contributed by atoms with Gasteiger partial charge in [0, 0.05) is 18.9 Å². The van der Waals surface area contributed by atoms with Crippen LogP contribution < -0.4 is 10.6 Å². The third kappa shape index (κ3) is 3.35. The number of nitrogens with zero attached hydrogens (tertiary/aromatic N) is 1. The molecule has 0 atom stereocenters. The Kier molecular flexibility index (Phi) is 4.62. The molecule has 0 aliphatic carbocycles. The van der Waals surface area contributed by atoms with Gasteiger partial charge < -0.3 is 15.7 Å². The van der Waals surface area contributed by atoms with Crippen LogP contribution >= 0.6 is 11.6 Å². The second-order valence-electron chi connectivity index (χ2n) is 4.59. The number of carboxylic acids is 1. The highest BCUT2D eigenvalue weighted by molar-refractivity contribution is 6.29. The maximum atomic E-state index is 11.9. The van der Waals surface area contributed by atoms with E-state index in [4.69, 9.17) is 16.7 Å². The van der Waals surface area contributed by atoms with Crippen LogP contribution in [0.5, 0.6) is 0 Å². The van der Waals surface area contributed by atoms with Crippen molar-refractivity contribution in [3.05, 3.63) is 52.3 Å². The Balaban J connectivity index is 2.40. The average Bonchev–Trinajstić information content (AvgIpc) is 2.48. The van der Waals surface area contributed by atoms with Crippen LogP contribution in [0.2, 0.25) is 5.15 Å². The first-order chi connectivity index (χ1) is 10.4. The molecule has 114 valence electrons. The molecular weight excluding hydrogens is 306 g/mol. The Bertz CT molecular complexity index is 747. The molecule has 0 radical (unpaired) electrons. The van der Waals surface area contributed by atoms with Crippen LogP contribution in [0, 0.1) is 6.92 Å². The lowest BCUT2D eigenvalue weighted by Gasteiger charge is -2.13. The molecule has 0 aliphatic heterocycles. The number of pyridine rings is 1. The first-order valence-electron chi connectivity index (χ1n) is 6.41. The van der Waals surface area contributed by atoms with Crippen LogP contribution in [-0.2, 0) is 0 Å². The lowest BCUT2D eigenvalue weighted by atomic mass is 10.1. The van der Waals surface area contributed by atoms with Gasteiger partial charge in [0.05, 0.1) is 16.8 Å². The molecule has 2 rings (SSSR count). The van der Waals surface area contributed by atoms with Gasteiger partial charge >= 0.3 is 5.97 Å². The zero-order valence-corrected chi connectivity index (χ0v) is 12.7. The van der Waals surface area contributed by atoms with Crippen molar-refractivity contribution in [1.29, 1.82) is 0 Å². The number of nitrogens with one attached hydrogen (secondary N) is 2. The maximum Gasteiger partial charge on any atom is 0.335 e. The van der Waals surface area contributed by atoms with Crippen LogP contribution in [0.4, 0.5) is 11.4 Å². The normalized spacial score (nSPS) is 10.1. The predicted molar refractivity (Wildman–Crippen MR) is 84.1 cm³/mol. The second-order valence-corrected chi connectivity index (χ2v) is 4.98. The highest BCUT2D eigenvalue weighted by Gasteiger charge is 2.13. The molecule has 6 nitrogen and oxygen atoms in total. The van der Waals surface area contributed by atoms with Crippen molar-refractivity contribution in [3.63, 3.8) is 0 Å². The van der Waals surface area contributed by atoms with Crippen molar-refractivity contribution in [2.45, 2.75) is 6.92 Å². The van der Waals surface area contributed by atoms with Gasteiger partial charge in [-0.1, -0.05) is 11.6 Å². The first-order valence-corrected chi connectivity index (χ1v) is 6.78. The summed E-state index contributed by atoms with van der Waals surface area (Å²) in [6, 6.07) is 6.21. The van der Waals surface area contributed by atoms with Gasteiger partial charge in [-0.05, 0) is 36.8 Å². The summed E-state index contributed by atoms with van der Waals surface area (Å²) in [6.07, 6.45) is 1.38. The number of benzene rings is 1. The van der Waals surface area contributed by atoms with Crippen LogP contribution in [-0.4, -0.2) is 29.0 Å². The van der Waals surface area contributed by atoms with E-state index >= 15 is 0 Å². The number of halogens is 1. The van der Waals surface area contributed by atoms with E-state index in [0.717, 1.165) is 5.56 Å². The summed E-state index contributed by atoms with van der Waals surface area (Å²) in [6.45, 7) is 1.77. The summed E-state index contributed by atoms with van der Waals surface area (Å²) in [5.41, 5.74) is 2.44. The maximum absolute atomic E-state index is 11.9. The van der Waals surface area contributed by atoms with Gasteiger partial charge in [-0.2, -0.15) is 0 Å². The second kappa shape index (κ2) is 6.44. The molecule has 0 aliphatic rings. The number of rotatable bonds is 4. The van der Waals surface area contributed by atoms with Crippen LogP contribution in [0.15, 0.2) is 30.5 Å². The molecule has 2 aromatic rings. The summed E-state index contributed by atoms with van der Waals surface area (Å²) in [4.78, 5) is 26.7. The van der Waals surface area contributed by atoms with Gasteiger partial charge in [-0.3, -0.25) is 4.79 Å². The summed E-state index contributed by atoms with van der Waals surface area (Å²) in [5.74, 6) is -1.29. The van der Waals surface area contributed by atoms with Gasteiger partial charge in [-0.15, -0.1) is 0 Å². The fourth-order valence-electron chi connectivity index (χ4n) is 1.93. The summed E-state index contributed by atoms with van der Waals surface area (Å²) < 4.78 is 0. The van der Waals surface area contributed by atoms with Crippen molar-refractivity contribution in [3.8, 4) is 0 Å². The van der Waals surface area contributed by atoms with E-state index in [-0.39, 0.29) is 16.6 Å². The predicted octanol–water partition coefficient (Wildman–Crippen LogP) is 2.84. The van der Waals surface area contributed by atoms with Crippen molar-refractivity contribution >= 4 is 34.9 Å². The quantitative estimate of drug-likeness (QED) is 0.754. The molecule has 0 fully saturated rings. The molecule has 7 heteroatoms. The zero-order chi connectivity index (χ0) is 16.3. The largest absolute Gasteiger partial charge is 0.478 e. The van der Waals surface area contributed by atoms with Crippen molar-refractivity contribution < 1.29 is 14.7 Å². The number of anilines is 2. The molecule has 1 aromatic heterocycles. The highest BCUT2D eigenvalue weighted by atomic mass is 35.5. The Morgan fingerprint density at radius 1 is 1.23 bits per heavy atom. The van der Waals surface area contributed by atoms with E-state index in [9.17, 15) is 9.59 Å². The van der Waals surface area contributed by atoms with Crippen LogP contribution in [0.3, 0.4) is 0 Å². The van der Waals surface area contributed by atoms with E-state index in [1.165, 1.54) is 25.4 Å². The topological polar surface area (TPSA) is 91.3 Å². The van der Waals surface area contributed by atoms with E-state index < -0.39 is 5.97 Å². The smallest absolute Gasteiger partial charge is 0.335 e. The van der Waals surface area contributed by atoms with Gasteiger partial charge in [0.2, 0.25) is 0 Å². The molecule has 0 spiro atoms. The molecule has 1 heterocycles. The number of aromatic carboxylic acids is 1. The molecule has 1 aromatic carbocycles. The Hall–Kier alpha value is -2.60. The van der Waals surface area contributed by atoms with Crippen molar-refractivity contribution in [1.82, 2.24) is 10.3 Å². The molecule has 0 saturated heterocycles. The van der Waals surface area contributed by atoms with Gasteiger partial charge in [-0.25, -0.2) is 9.78 Å². The number of carboxylic acid groups (broad SMARTS) is 1. The Morgan fingerprint density at radius 2 is 1.95 bits per heavy atom. The number of carbonyl (C=O) groups is 2. The Labute approximate surface area is 132 Å². The lowest BCUT2D eigenvalue weighted by molar-refractivity contribution is 0.0696. The third-order valence-electron chi connectivity index (χ3n) is 3.08. The van der Waals surface area contributed by atoms with E-state index in [2.05, 4.69) is 15.6 Å². The number of aryl methyl sites for hydroxylation is 1. The minimum atomic E-state index is -0.993. The molecule has 0 unspecified atom stereocenters. The summed E-state index contributed by atoms with van der Waals surface area (Å²) in [5, 5.41) is 14.8. The van der Waals surface area contributed by atoms with E-state index in [1.807, 2.05) is 0 Å². The van der Waals surface area contributed by atoms with Crippen molar-refractivity contribution in [2.24, 2.45) is 0 Å². The SMILES string of the molecule is CNC(=O)c1cnc(Cl)cc1Nc1ccc(C(=O)O)cc1C. The average molecular weight is 320 g/mol. The molecule has 1 amide bonds. The number of hydrogen-bond donors (Lipinski definition) is 3. The van der Waals surface area contributed by atoms with Crippen LogP contribution in [0.1, 0.15) is 26.3 Å². The number of amides is 1. The standard InChI is InChI=1S/C15H14ClN3O3/c1-8-5-9(15(21)22)3-4-11(8)19-12-6-13(16)18-7-10(12)14(20)17-2/h3-7H,1-2H3,(H,17,20)(H,18,19)(H,21,22). The number of hydrogen-bond acceptors (Lipinski definition) is 4. The zero-order valence-electron chi connectivity index (χ0n) is 12.0. The Morgan fingerprint density at radius 3 is 2.55 bits per heavy atom. The van der Waals surface area contributed by atoms with Crippen LogP contribution in [0.25, 0.3) is 0 Å². The van der Waals surface area contributed by atoms with E-state index in [1.54, 1.807) is 19.1 Å². The third-order valence-corrected chi connectivity index (χ3v) is 3.29. The fraction of sp³-hybridized carbons (Fsp3) is 0.133. The first kappa shape index (κ1) is 15.8. The molecule has 0 bridgehead atoms. The molecule has 22 heavy (non-hydrogen) atoms. The van der Waals surface area contributed by atoms with E-state index in [0.29, 0.717) is 16.9 Å².